The summed E-state index contributed by atoms with van der Waals surface area (Å²) >= 11 is 1.53. The van der Waals surface area contributed by atoms with Crippen molar-refractivity contribution in [2.24, 2.45) is 0 Å². The van der Waals surface area contributed by atoms with Crippen LogP contribution in [-0.2, 0) is 0 Å². The molecule has 5 heteroatoms. The van der Waals surface area contributed by atoms with Gasteiger partial charge < -0.3 is 0 Å². The molecule has 0 saturated heterocycles. The summed E-state index contributed by atoms with van der Waals surface area (Å²) in [4.78, 5) is 0.799. The van der Waals surface area contributed by atoms with E-state index in [1.54, 1.807) is 4.52 Å². The van der Waals surface area contributed by atoms with Gasteiger partial charge in [-0.05, 0) is 18.6 Å². The fourth-order valence-electron chi connectivity index (χ4n) is 2.31. The first-order valence-corrected chi connectivity index (χ1v) is 8.14. The van der Waals surface area contributed by atoms with Gasteiger partial charge in [-0.25, -0.2) is 0 Å². The second-order valence-corrected chi connectivity index (χ2v) is 6.26. The summed E-state index contributed by atoms with van der Waals surface area (Å²) in [6.45, 7) is 2.07. The number of hydrogen-bond donors (Lipinski definition) is 0. The van der Waals surface area contributed by atoms with Crippen LogP contribution in [0.5, 0.6) is 0 Å². The summed E-state index contributed by atoms with van der Waals surface area (Å²) in [6, 6.07) is 18.4. The maximum absolute atomic E-state index is 4.61. The molecule has 2 aromatic carbocycles. The van der Waals surface area contributed by atoms with Gasteiger partial charge in [-0.15, -0.1) is 10.2 Å². The second-order valence-electron chi connectivity index (χ2n) is 5.27. The van der Waals surface area contributed by atoms with Crippen LogP contribution < -0.4 is 0 Å². The minimum Gasteiger partial charge on any atom is -0.182 e. The van der Waals surface area contributed by atoms with Crippen molar-refractivity contribution in [3.8, 4) is 11.4 Å². The number of nitrogens with zero attached hydrogens (tertiary/aromatic N) is 4. The van der Waals surface area contributed by atoms with Crippen LogP contribution in [0.2, 0.25) is 0 Å². The van der Waals surface area contributed by atoms with Gasteiger partial charge in [0.25, 0.3) is 0 Å². The van der Waals surface area contributed by atoms with Crippen LogP contribution in [0.25, 0.3) is 28.5 Å². The van der Waals surface area contributed by atoms with E-state index >= 15 is 0 Å². The van der Waals surface area contributed by atoms with Crippen molar-refractivity contribution in [2.75, 3.05) is 0 Å². The number of benzene rings is 2. The largest absolute Gasteiger partial charge is 0.235 e. The molecule has 0 N–H and O–H groups in total. The van der Waals surface area contributed by atoms with Crippen molar-refractivity contribution >= 4 is 28.4 Å². The normalized spacial score (nSPS) is 11.5. The van der Waals surface area contributed by atoms with Gasteiger partial charge in [0, 0.05) is 5.56 Å². The predicted octanol–water partition coefficient (Wildman–Crippen LogP) is 4.33. The monoisotopic (exact) mass is 318 g/mol. The Morgan fingerprint density at radius 2 is 1.70 bits per heavy atom. The van der Waals surface area contributed by atoms with Gasteiger partial charge in [0.15, 0.2) is 5.82 Å². The molecule has 0 amide bonds. The molecule has 2 heterocycles. The summed E-state index contributed by atoms with van der Waals surface area (Å²) in [6.07, 6.45) is 4.06. The van der Waals surface area contributed by atoms with Crippen molar-refractivity contribution in [2.45, 2.75) is 6.92 Å². The van der Waals surface area contributed by atoms with Crippen LogP contribution in [0, 0.1) is 6.92 Å². The van der Waals surface area contributed by atoms with E-state index in [1.807, 2.05) is 36.4 Å². The summed E-state index contributed by atoms with van der Waals surface area (Å²) in [5.41, 5.74) is 3.39. The van der Waals surface area contributed by atoms with E-state index in [2.05, 4.69) is 52.6 Å². The van der Waals surface area contributed by atoms with Gasteiger partial charge >= 0.3 is 0 Å². The third-order valence-electron chi connectivity index (χ3n) is 3.53. The summed E-state index contributed by atoms with van der Waals surface area (Å²) in [7, 11) is 0. The van der Waals surface area contributed by atoms with Crippen LogP contribution in [0.4, 0.5) is 0 Å². The van der Waals surface area contributed by atoms with E-state index in [9.17, 15) is 0 Å². The SMILES string of the molecule is Cc1ccc(-c2nnc3sc(/C=C/c4ccccc4)nn23)cc1. The Hall–Kier alpha value is -2.79. The fraction of sp³-hybridized carbons (Fsp3) is 0.0556. The Kier molecular flexibility index (Phi) is 3.48. The molecule has 23 heavy (non-hydrogen) atoms. The van der Waals surface area contributed by atoms with Crippen molar-refractivity contribution in [3.63, 3.8) is 0 Å². The molecule has 4 rings (SSSR count). The Balaban J connectivity index is 1.69. The van der Waals surface area contributed by atoms with Crippen LogP contribution in [-0.4, -0.2) is 19.8 Å². The third kappa shape index (κ3) is 2.78. The highest BCUT2D eigenvalue weighted by Gasteiger charge is 2.12. The molecule has 0 spiro atoms. The van der Waals surface area contributed by atoms with E-state index in [-0.39, 0.29) is 0 Å². The first-order valence-electron chi connectivity index (χ1n) is 7.32. The predicted molar refractivity (Wildman–Crippen MR) is 94.2 cm³/mol. The number of fused-ring (bicyclic) bond motifs is 1. The van der Waals surface area contributed by atoms with E-state index in [4.69, 9.17) is 0 Å². The van der Waals surface area contributed by atoms with Gasteiger partial charge in [0.05, 0.1) is 0 Å². The Labute approximate surface area is 137 Å². The second kappa shape index (κ2) is 5.78. The zero-order valence-electron chi connectivity index (χ0n) is 12.5. The van der Waals surface area contributed by atoms with Crippen LogP contribution in [0.15, 0.2) is 54.6 Å². The smallest absolute Gasteiger partial charge is 0.182 e. The van der Waals surface area contributed by atoms with Crippen LogP contribution >= 0.6 is 11.3 Å². The molecule has 0 saturated carbocycles. The van der Waals surface area contributed by atoms with Gasteiger partial charge in [0.1, 0.15) is 5.01 Å². The molecule has 0 aliphatic rings. The zero-order chi connectivity index (χ0) is 15.6. The molecule has 0 radical (unpaired) electrons. The van der Waals surface area contributed by atoms with Crippen molar-refractivity contribution in [1.29, 1.82) is 0 Å². The van der Waals surface area contributed by atoms with E-state index in [0.29, 0.717) is 0 Å². The highest BCUT2D eigenvalue weighted by Crippen LogP contribution is 2.22. The number of aromatic nitrogens is 4. The molecule has 0 aliphatic carbocycles. The lowest BCUT2D eigenvalue weighted by atomic mass is 10.1. The highest BCUT2D eigenvalue weighted by atomic mass is 32.1. The molecule has 0 atom stereocenters. The molecule has 0 aliphatic heterocycles. The van der Waals surface area contributed by atoms with E-state index in [1.165, 1.54) is 16.9 Å². The van der Waals surface area contributed by atoms with Gasteiger partial charge in [-0.1, -0.05) is 77.6 Å². The molecular formula is C18H14N4S. The molecular weight excluding hydrogens is 304 g/mol. The third-order valence-corrected chi connectivity index (χ3v) is 4.40. The molecule has 0 unspecified atom stereocenters. The Morgan fingerprint density at radius 1 is 0.913 bits per heavy atom. The zero-order valence-corrected chi connectivity index (χ0v) is 13.4. The molecule has 4 aromatic rings. The molecule has 2 aromatic heterocycles. The standard InChI is InChI=1S/C18H14N4S/c1-13-7-10-15(11-8-13)17-19-20-18-22(17)21-16(23-18)12-9-14-5-3-2-4-6-14/h2-12H,1H3/b12-9+. The first kappa shape index (κ1) is 13.8. The minimum absolute atomic E-state index is 0.774. The lowest BCUT2D eigenvalue weighted by Gasteiger charge is -1.97. The average molecular weight is 318 g/mol. The lowest BCUT2D eigenvalue weighted by molar-refractivity contribution is 0.959. The molecule has 0 fully saturated rings. The minimum atomic E-state index is 0.774. The van der Waals surface area contributed by atoms with Crippen molar-refractivity contribution in [1.82, 2.24) is 19.8 Å². The van der Waals surface area contributed by atoms with Crippen molar-refractivity contribution in [3.05, 3.63) is 70.7 Å². The fourth-order valence-corrected chi connectivity index (χ4v) is 3.05. The highest BCUT2D eigenvalue weighted by molar-refractivity contribution is 7.17. The maximum atomic E-state index is 4.61. The maximum Gasteiger partial charge on any atom is 0.235 e. The topological polar surface area (TPSA) is 43.1 Å². The lowest BCUT2D eigenvalue weighted by Crippen LogP contribution is -1.90. The van der Waals surface area contributed by atoms with Crippen LogP contribution in [0.3, 0.4) is 0 Å². The van der Waals surface area contributed by atoms with Gasteiger partial charge in [0.2, 0.25) is 4.96 Å². The number of aryl methyl sites for hydroxylation is 1. The Bertz CT molecular complexity index is 965. The molecule has 0 bridgehead atoms. The Morgan fingerprint density at radius 3 is 2.48 bits per heavy atom. The number of rotatable bonds is 3. The summed E-state index contributed by atoms with van der Waals surface area (Å²) in [5.74, 6) is 0.774. The summed E-state index contributed by atoms with van der Waals surface area (Å²) < 4.78 is 1.81. The number of hydrogen-bond acceptors (Lipinski definition) is 4. The van der Waals surface area contributed by atoms with Gasteiger partial charge in [-0.3, -0.25) is 0 Å². The van der Waals surface area contributed by atoms with Crippen LogP contribution in [0.1, 0.15) is 16.1 Å². The first-order chi connectivity index (χ1) is 11.3. The average Bonchev–Trinajstić information content (AvgIpc) is 3.15. The van der Waals surface area contributed by atoms with Crippen molar-refractivity contribution < 1.29 is 0 Å². The van der Waals surface area contributed by atoms with Gasteiger partial charge in [-0.2, -0.15) is 9.61 Å². The molecule has 112 valence electrons. The quantitative estimate of drug-likeness (QED) is 0.564. The molecule has 4 nitrogen and oxygen atoms in total. The summed E-state index contributed by atoms with van der Waals surface area (Å²) in [5, 5.41) is 14.0. The van der Waals surface area contributed by atoms with E-state index < -0.39 is 0 Å². The van der Waals surface area contributed by atoms with E-state index in [0.717, 1.165) is 26.9 Å².